The summed E-state index contributed by atoms with van der Waals surface area (Å²) in [5.74, 6) is -0.0684. The molecule has 0 aliphatic rings. The van der Waals surface area contributed by atoms with Crippen LogP contribution >= 0.6 is 0 Å². The van der Waals surface area contributed by atoms with Gasteiger partial charge in [-0.15, -0.1) is 0 Å². The second-order valence-electron chi connectivity index (χ2n) is 5.23. The van der Waals surface area contributed by atoms with Crippen LogP contribution < -0.4 is 4.74 Å². The van der Waals surface area contributed by atoms with Gasteiger partial charge in [0, 0.05) is 20.0 Å². The van der Waals surface area contributed by atoms with E-state index >= 15 is 0 Å². The number of carbonyl (C=O) groups excluding carboxylic acids is 2. The monoisotopic (exact) mass is 341 g/mol. The second kappa shape index (κ2) is 8.79. The van der Waals surface area contributed by atoms with Crippen LogP contribution in [0, 0.1) is 13.8 Å². The molecule has 1 aromatic rings. The summed E-state index contributed by atoms with van der Waals surface area (Å²) in [6.07, 6.45) is -0.108. The van der Waals surface area contributed by atoms with E-state index in [1.54, 1.807) is 18.5 Å². The van der Waals surface area contributed by atoms with Crippen LogP contribution in [0.4, 0.5) is 0 Å². The fourth-order valence-corrected chi connectivity index (χ4v) is 3.38. The number of carbonyl (C=O) groups is 2. The fraction of sp³-hybridized carbons (Fsp3) is 0.500. The molecule has 7 heteroatoms. The average molecular weight is 341 g/mol. The first-order chi connectivity index (χ1) is 10.8. The average Bonchev–Trinajstić information content (AvgIpc) is 2.51. The van der Waals surface area contributed by atoms with Crippen LogP contribution in [-0.2, 0) is 25.3 Å². The number of rotatable bonds is 8. The molecule has 0 spiro atoms. The van der Waals surface area contributed by atoms with Gasteiger partial charge in [-0.1, -0.05) is 0 Å². The Hall–Kier alpha value is -1.73. The maximum Gasteiger partial charge on any atom is 0.313 e. The molecule has 0 saturated carbocycles. The molecular weight excluding hydrogens is 318 g/mol. The molecule has 0 N–H and O–H groups in total. The molecule has 0 bridgehead atoms. The van der Waals surface area contributed by atoms with Crippen LogP contribution in [-0.4, -0.2) is 48.1 Å². The minimum atomic E-state index is -1.38. The maximum atomic E-state index is 12.7. The Labute approximate surface area is 139 Å². The van der Waals surface area contributed by atoms with Gasteiger partial charge in [0.1, 0.15) is 28.9 Å². The number of ether oxygens (including phenoxy) is 2. The van der Waals surface area contributed by atoms with Gasteiger partial charge in [0.2, 0.25) is 0 Å². The van der Waals surface area contributed by atoms with Crippen molar-refractivity contribution < 1.29 is 23.3 Å². The molecule has 0 aliphatic carbocycles. The lowest BCUT2D eigenvalue weighted by Gasteiger charge is -2.19. The Bertz CT molecular complexity index is 591. The van der Waals surface area contributed by atoms with Gasteiger partial charge in [-0.3, -0.25) is 9.59 Å². The van der Waals surface area contributed by atoms with Crippen LogP contribution in [0.25, 0.3) is 0 Å². The van der Waals surface area contributed by atoms with E-state index in [1.165, 1.54) is 7.11 Å². The van der Waals surface area contributed by atoms with Crippen molar-refractivity contribution >= 4 is 22.7 Å². The highest BCUT2D eigenvalue weighted by molar-refractivity contribution is 7.82. The predicted molar refractivity (Wildman–Crippen MR) is 87.8 cm³/mol. The molecule has 0 saturated heterocycles. The maximum absolute atomic E-state index is 12.7. The summed E-state index contributed by atoms with van der Waals surface area (Å²) >= 11 is 0. The molecule has 0 aromatic heterocycles. The van der Waals surface area contributed by atoms with Crippen molar-refractivity contribution in [2.45, 2.75) is 31.6 Å². The number of hydrogen-bond donors (Lipinski definition) is 0. The summed E-state index contributed by atoms with van der Waals surface area (Å²) in [7, 11) is 3.13. The number of methoxy groups -OCH3 is 2. The van der Waals surface area contributed by atoms with Gasteiger partial charge >= 0.3 is 5.97 Å². The molecule has 0 radical (unpaired) electrons. The molecule has 6 nitrogen and oxygen atoms in total. The molecule has 128 valence electrons. The first kappa shape index (κ1) is 19.3. The van der Waals surface area contributed by atoms with E-state index < -0.39 is 17.0 Å². The van der Waals surface area contributed by atoms with E-state index in [0.717, 1.165) is 16.9 Å². The highest BCUT2D eigenvalue weighted by Gasteiger charge is 2.18. The van der Waals surface area contributed by atoms with E-state index in [4.69, 9.17) is 4.74 Å². The van der Waals surface area contributed by atoms with Crippen LogP contribution in [0.3, 0.4) is 0 Å². The van der Waals surface area contributed by atoms with Crippen molar-refractivity contribution in [2.24, 2.45) is 0 Å². The lowest BCUT2D eigenvalue weighted by Crippen LogP contribution is -2.26. The Morgan fingerprint density at radius 3 is 2.22 bits per heavy atom. The van der Waals surface area contributed by atoms with Gasteiger partial charge in [-0.2, -0.15) is 0 Å². The summed E-state index contributed by atoms with van der Waals surface area (Å²) < 4.78 is 23.9. The number of nitrogens with zero attached hydrogens (tertiary/aromatic N) is 1. The summed E-state index contributed by atoms with van der Waals surface area (Å²) in [4.78, 5) is 23.4. The number of Topliss-reactive ketones (excluding diaryl/α,β-unsaturated/α-hetero) is 1. The second-order valence-corrected chi connectivity index (χ2v) is 6.76. The van der Waals surface area contributed by atoms with Crippen molar-refractivity contribution in [2.75, 3.05) is 27.8 Å². The smallest absolute Gasteiger partial charge is 0.313 e. The SMILES string of the molecule is COC(=O)CC(=O)CCN(C)S(=O)c1c(C)cc(OC)cc1C. The number of ketones is 1. The highest BCUT2D eigenvalue weighted by atomic mass is 32.2. The third-order valence-electron chi connectivity index (χ3n) is 3.40. The third kappa shape index (κ3) is 5.44. The highest BCUT2D eigenvalue weighted by Crippen LogP contribution is 2.25. The Morgan fingerprint density at radius 1 is 1.17 bits per heavy atom. The van der Waals surface area contributed by atoms with Crippen LogP contribution in [0.5, 0.6) is 5.75 Å². The summed E-state index contributed by atoms with van der Waals surface area (Å²) in [5.41, 5.74) is 1.74. The fourth-order valence-electron chi connectivity index (χ4n) is 2.15. The normalized spacial score (nSPS) is 12.1. The molecule has 1 atom stereocenters. The first-order valence-corrected chi connectivity index (χ1v) is 8.27. The minimum Gasteiger partial charge on any atom is -0.497 e. The van der Waals surface area contributed by atoms with E-state index in [9.17, 15) is 13.8 Å². The molecular formula is C16H23NO5S. The van der Waals surface area contributed by atoms with Gasteiger partial charge < -0.3 is 9.47 Å². The number of hydrogen-bond acceptors (Lipinski definition) is 5. The lowest BCUT2D eigenvalue weighted by atomic mass is 10.1. The van der Waals surface area contributed by atoms with Gasteiger partial charge in [-0.25, -0.2) is 8.51 Å². The first-order valence-electron chi connectivity index (χ1n) is 7.17. The van der Waals surface area contributed by atoms with Crippen molar-refractivity contribution in [1.29, 1.82) is 0 Å². The predicted octanol–water partition coefficient (Wildman–Crippen LogP) is 1.79. The number of esters is 1. The molecule has 0 amide bonds. The summed E-state index contributed by atoms with van der Waals surface area (Å²) in [6.45, 7) is 4.05. The quantitative estimate of drug-likeness (QED) is 0.532. The number of aryl methyl sites for hydroxylation is 2. The largest absolute Gasteiger partial charge is 0.497 e. The topological polar surface area (TPSA) is 72.9 Å². The third-order valence-corrected chi connectivity index (χ3v) is 5.14. The molecule has 1 aromatic carbocycles. The van der Waals surface area contributed by atoms with E-state index in [0.29, 0.717) is 11.4 Å². The van der Waals surface area contributed by atoms with Crippen molar-refractivity contribution in [3.05, 3.63) is 23.3 Å². The lowest BCUT2D eigenvalue weighted by molar-refractivity contribution is -0.143. The Balaban J connectivity index is 2.74. The van der Waals surface area contributed by atoms with Gasteiger partial charge in [0.05, 0.1) is 19.1 Å². The van der Waals surface area contributed by atoms with Crippen LogP contribution in [0.15, 0.2) is 17.0 Å². The zero-order valence-electron chi connectivity index (χ0n) is 14.2. The minimum absolute atomic E-state index is 0.144. The van der Waals surface area contributed by atoms with Crippen LogP contribution in [0.1, 0.15) is 24.0 Å². The summed E-state index contributed by atoms with van der Waals surface area (Å²) in [5, 5.41) is 0. The van der Waals surface area contributed by atoms with Gasteiger partial charge in [0.15, 0.2) is 0 Å². The Morgan fingerprint density at radius 2 is 1.74 bits per heavy atom. The van der Waals surface area contributed by atoms with Crippen molar-refractivity contribution in [3.63, 3.8) is 0 Å². The molecule has 1 rings (SSSR count). The molecule has 23 heavy (non-hydrogen) atoms. The van der Waals surface area contributed by atoms with Crippen molar-refractivity contribution in [3.8, 4) is 5.75 Å². The standard InChI is InChI=1S/C16H23NO5S/c1-11-8-14(21-4)9-12(2)16(11)23(20)17(3)7-6-13(18)10-15(19)22-5/h8-9H,6-7,10H2,1-5H3. The zero-order chi connectivity index (χ0) is 17.6. The van der Waals surface area contributed by atoms with Gasteiger partial charge in [0.25, 0.3) is 0 Å². The summed E-state index contributed by atoms with van der Waals surface area (Å²) in [6, 6.07) is 3.66. The molecule has 0 aliphatic heterocycles. The molecule has 0 fully saturated rings. The van der Waals surface area contributed by atoms with E-state index in [-0.39, 0.29) is 18.6 Å². The van der Waals surface area contributed by atoms with Crippen LogP contribution in [0.2, 0.25) is 0 Å². The number of benzene rings is 1. The van der Waals surface area contributed by atoms with Gasteiger partial charge in [-0.05, 0) is 37.1 Å². The van der Waals surface area contributed by atoms with E-state index in [2.05, 4.69) is 4.74 Å². The molecule has 1 unspecified atom stereocenters. The van der Waals surface area contributed by atoms with E-state index in [1.807, 2.05) is 26.0 Å². The van der Waals surface area contributed by atoms with Crippen molar-refractivity contribution in [1.82, 2.24) is 4.31 Å². The zero-order valence-corrected chi connectivity index (χ0v) is 15.0. The Kier molecular flexibility index (Phi) is 7.38. The molecule has 0 heterocycles.